The molecule has 0 aromatic heterocycles. The molecular weight excluding hydrogens is 262 g/mol. The molecule has 2 aromatic carbocycles. The molecular formula is C18H21NO2. The molecule has 0 saturated heterocycles. The minimum atomic E-state index is 0.0977. The van der Waals surface area contributed by atoms with Crippen LogP contribution in [0, 0.1) is 0 Å². The van der Waals surface area contributed by atoms with Crippen molar-refractivity contribution in [3.63, 3.8) is 0 Å². The highest BCUT2D eigenvalue weighted by Gasteiger charge is 2.15. The van der Waals surface area contributed by atoms with Crippen molar-refractivity contribution in [2.75, 3.05) is 12.0 Å². The van der Waals surface area contributed by atoms with Gasteiger partial charge in [0.25, 0.3) is 0 Å². The number of anilines is 2. The van der Waals surface area contributed by atoms with Crippen LogP contribution in [-0.4, -0.2) is 13.5 Å². The highest BCUT2D eigenvalue weighted by molar-refractivity contribution is 5.86. The predicted octanol–water partition coefficient (Wildman–Crippen LogP) is 4.29. The van der Waals surface area contributed by atoms with Gasteiger partial charge in [-0.1, -0.05) is 39.0 Å². The molecule has 0 aliphatic heterocycles. The maximum Gasteiger partial charge on any atom is 0.218 e. The Hall–Kier alpha value is -2.29. The number of amides is 1. The molecule has 3 nitrogen and oxygen atoms in total. The molecule has 1 amide bonds. The Morgan fingerprint density at radius 1 is 1.00 bits per heavy atom. The zero-order chi connectivity index (χ0) is 15.5. The van der Waals surface area contributed by atoms with E-state index in [1.165, 1.54) is 5.56 Å². The Balaban J connectivity index is 2.35. The van der Waals surface area contributed by atoms with E-state index in [-0.39, 0.29) is 5.41 Å². The van der Waals surface area contributed by atoms with Crippen LogP contribution in [0.15, 0.2) is 48.5 Å². The lowest BCUT2D eigenvalue weighted by molar-refractivity contribution is -0.106. The Kier molecular flexibility index (Phi) is 4.32. The van der Waals surface area contributed by atoms with Gasteiger partial charge in [-0.2, -0.15) is 0 Å². The molecule has 21 heavy (non-hydrogen) atoms. The summed E-state index contributed by atoms with van der Waals surface area (Å²) >= 11 is 0. The molecule has 0 N–H and O–H groups in total. The number of hydrogen-bond donors (Lipinski definition) is 0. The van der Waals surface area contributed by atoms with Gasteiger partial charge in [0.15, 0.2) is 0 Å². The summed E-state index contributed by atoms with van der Waals surface area (Å²) in [5, 5.41) is 0. The zero-order valence-electron chi connectivity index (χ0n) is 13.0. The van der Waals surface area contributed by atoms with E-state index in [2.05, 4.69) is 32.9 Å². The quantitative estimate of drug-likeness (QED) is 0.783. The van der Waals surface area contributed by atoms with Crippen LogP contribution in [-0.2, 0) is 10.2 Å². The van der Waals surface area contributed by atoms with Gasteiger partial charge in [0, 0.05) is 11.8 Å². The molecule has 110 valence electrons. The van der Waals surface area contributed by atoms with Crippen LogP contribution in [0.4, 0.5) is 11.4 Å². The van der Waals surface area contributed by atoms with Crippen molar-refractivity contribution in [2.45, 2.75) is 26.2 Å². The second kappa shape index (κ2) is 6.00. The number of ether oxygens (including phenoxy) is 1. The van der Waals surface area contributed by atoms with Gasteiger partial charge in [-0.05, 0) is 35.2 Å². The number of carbonyl (C=O) groups is 1. The molecule has 0 heterocycles. The van der Waals surface area contributed by atoms with Gasteiger partial charge >= 0.3 is 0 Å². The molecule has 0 bridgehead atoms. The SMILES string of the molecule is COc1cccc(N(C=O)c2ccc(C(C)(C)C)cc2)c1. The fourth-order valence-corrected chi connectivity index (χ4v) is 2.15. The van der Waals surface area contributed by atoms with Crippen LogP contribution in [0.1, 0.15) is 26.3 Å². The molecule has 0 saturated carbocycles. The lowest BCUT2D eigenvalue weighted by atomic mass is 9.87. The fraction of sp³-hybridized carbons (Fsp3) is 0.278. The first kappa shape index (κ1) is 15.1. The molecule has 0 spiro atoms. The van der Waals surface area contributed by atoms with Crippen molar-refractivity contribution in [3.8, 4) is 5.75 Å². The van der Waals surface area contributed by atoms with E-state index in [1.807, 2.05) is 36.4 Å². The zero-order valence-corrected chi connectivity index (χ0v) is 13.0. The summed E-state index contributed by atoms with van der Waals surface area (Å²) in [4.78, 5) is 13.1. The summed E-state index contributed by atoms with van der Waals surface area (Å²) < 4.78 is 5.21. The summed E-state index contributed by atoms with van der Waals surface area (Å²) in [5.74, 6) is 0.727. The van der Waals surface area contributed by atoms with Crippen LogP contribution in [0.5, 0.6) is 5.75 Å². The van der Waals surface area contributed by atoms with Gasteiger partial charge in [-0.25, -0.2) is 0 Å². The van der Waals surface area contributed by atoms with Gasteiger partial charge in [-0.15, -0.1) is 0 Å². The van der Waals surface area contributed by atoms with Gasteiger partial charge in [0.1, 0.15) is 5.75 Å². The third kappa shape index (κ3) is 3.43. The largest absolute Gasteiger partial charge is 0.497 e. The van der Waals surface area contributed by atoms with Crippen LogP contribution in [0.2, 0.25) is 0 Å². The first-order valence-corrected chi connectivity index (χ1v) is 6.95. The molecule has 0 fully saturated rings. The minimum absolute atomic E-state index is 0.0977. The van der Waals surface area contributed by atoms with E-state index >= 15 is 0 Å². The Morgan fingerprint density at radius 2 is 1.67 bits per heavy atom. The number of benzene rings is 2. The fourth-order valence-electron chi connectivity index (χ4n) is 2.15. The summed E-state index contributed by atoms with van der Waals surface area (Å²) in [5.41, 5.74) is 2.96. The molecule has 0 radical (unpaired) electrons. The van der Waals surface area contributed by atoms with E-state index in [0.717, 1.165) is 23.5 Å². The summed E-state index contributed by atoms with van der Waals surface area (Å²) in [6.07, 6.45) is 0.820. The standard InChI is InChI=1S/C18H21NO2/c1-18(2,3)14-8-10-15(11-9-14)19(13-20)16-6-5-7-17(12-16)21-4/h5-13H,1-4H3. The third-order valence-electron chi connectivity index (χ3n) is 3.45. The average molecular weight is 283 g/mol. The van der Waals surface area contributed by atoms with Gasteiger partial charge < -0.3 is 4.74 Å². The Bertz CT molecular complexity index is 612. The van der Waals surface area contributed by atoms with Crippen molar-refractivity contribution < 1.29 is 9.53 Å². The second-order valence-corrected chi connectivity index (χ2v) is 5.97. The van der Waals surface area contributed by atoms with Crippen LogP contribution in [0.25, 0.3) is 0 Å². The maximum absolute atomic E-state index is 11.5. The Labute approximate surface area is 126 Å². The van der Waals surface area contributed by atoms with Gasteiger partial charge in [0.05, 0.1) is 12.8 Å². The molecule has 3 heteroatoms. The molecule has 0 atom stereocenters. The summed E-state index contributed by atoms with van der Waals surface area (Å²) in [7, 11) is 1.61. The molecule has 0 unspecified atom stereocenters. The van der Waals surface area contributed by atoms with Crippen LogP contribution >= 0.6 is 0 Å². The molecule has 0 aliphatic rings. The Morgan fingerprint density at radius 3 is 2.19 bits per heavy atom. The first-order chi connectivity index (χ1) is 9.95. The lowest BCUT2D eigenvalue weighted by Crippen LogP contribution is -2.15. The first-order valence-electron chi connectivity index (χ1n) is 6.95. The maximum atomic E-state index is 11.5. The molecule has 2 aromatic rings. The van der Waals surface area contributed by atoms with Crippen molar-refractivity contribution in [1.82, 2.24) is 0 Å². The number of hydrogen-bond acceptors (Lipinski definition) is 2. The average Bonchev–Trinajstić information content (AvgIpc) is 2.48. The van der Waals surface area contributed by atoms with Crippen LogP contribution < -0.4 is 9.64 Å². The molecule has 2 rings (SSSR count). The van der Waals surface area contributed by atoms with Crippen LogP contribution in [0.3, 0.4) is 0 Å². The predicted molar refractivity (Wildman–Crippen MR) is 86.3 cm³/mol. The van der Waals surface area contributed by atoms with E-state index in [0.29, 0.717) is 0 Å². The minimum Gasteiger partial charge on any atom is -0.497 e. The smallest absolute Gasteiger partial charge is 0.218 e. The number of rotatable bonds is 4. The topological polar surface area (TPSA) is 29.5 Å². The lowest BCUT2D eigenvalue weighted by Gasteiger charge is -2.22. The monoisotopic (exact) mass is 283 g/mol. The summed E-state index contributed by atoms with van der Waals surface area (Å²) in [6.45, 7) is 6.50. The van der Waals surface area contributed by atoms with E-state index < -0.39 is 0 Å². The van der Waals surface area contributed by atoms with Crippen molar-refractivity contribution in [2.24, 2.45) is 0 Å². The number of methoxy groups -OCH3 is 1. The van der Waals surface area contributed by atoms with E-state index in [1.54, 1.807) is 12.0 Å². The highest BCUT2D eigenvalue weighted by atomic mass is 16.5. The number of carbonyl (C=O) groups excluding carboxylic acids is 1. The van der Waals surface area contributed by atoms with Crippen molar-refractivity contribution in [3.05, 3.63) is 54.1 Å². The van der Waals surface area contributed by atoms with E-state index in [9.17, 15) is 4.79 Å². The van der Waals surface area contributed by atoms with Crippen molar-refractivity contribution >= 4 is 17.8 Å². The normalized spacial score (nSPS) is 11.0. The molecule has 0 aliphatic carbocycles. The van der Waals surface area contributed by atoms with Gasteiger partial charge in [0.2, 0.25) is 6.41 Å². The highest BCUT2D eigenvalue weighted by Crippen LogP contribution is 2.29. The van der Waals surface area contributed by atoms with Crippen molar-refractivity contribution in [1.29, 1.82) is 0 Å². The third-order valence-corrected chi connectivity index (χ3v) is 3.45. The second-order valence-electron chi connectivity index (χ2n) is 5.97. The van der Waals surface area contributed by atoms with Gasteiger partial charge in [-0.3, -0.25) is 9.69 Å². The number of nitrogens with zero attached hydrogens (tertiary/aromatic N) is 1. The summed E-state index contributed by atoms with van der Waals surface area (Å²) in [6, 6.07) is 15.5. The van der Waals surface area contributed by atoms with E-state index in [4.69, 9.17) is 4.74 Å².